The zero-order valence-electron chi connectivity index (χ0n) is 9.74. The number of rotatable bonds is 5. The summed E-state index contributed by atoms with van der Waals surface area (Å²) in [4.78, 5) is 10.5. The Morgan fingerprint density at radius 1 is 1.42 bits per heavy atom. The van der Waals surface area contributed by atoms with Gasteiger partial charge in [-0.05, 0) is 12.1 Å². The van der Waals surface area contributed by atoms with Crippen molar-refractivity contribution in [3.8, 4) is 0 Å². The minimum Gasteiger partial charge on any atom is -0.383 e. The first-order valence-corrected chi connectivity index (χ1v) is 7.29. The summed E-state index contributed by atoms with van der Waals surface area (Å²) in [6.07, 6.45) is 0. The molecule has 1 amide bonds. The monoisotopic (exact) mass is 313 g/mol. The van der Waals surface area contributed by atoms with E-state index < -0.39 is 37.1 Å². The van der Waals surface area contributed by atoms with Crippen LogP contribution in [0.3, 0.4) is 0 Å². The fourth-order valence-electron chi connectivity index (χ4n) is 1.27. The summed E-state index contributed by atoms with van der Waals surface area (Å²) in [5.41, 5.74) is -0.740. The summed E-state index contributed by atoms with van der Waals surface area (Å²) in [5.74, 6) is -3.44. The third-order valence-electron chi connectivity index (χ3n) is 2.10. The number of carbonyl (C=O) groups excluding carboxylic acids is 1. The van der Waals surface area contributed by atoms with Crippen molar-refractivity contribution < 1.29 is 26.7 Å². The molecule has 0 spiro atoms. The summed E-state index contributed by atoms with van der Waals surface area (Å²) in [6.45, 7) is 0.234. The van der Waals surface area contributed by atoms with Gasteiger partial charge in [-0.1, -0.05) is 0 Å². The lowest BCUT2D eigenvalue weighted by molar-refractivity contribution is 0.0932. The highest BCUT2D eigenvalue weighted by Crippen LogP contribution is 2.23. The van der Waals surface area contributed by atoms with E-state index in [1.165, 1.54) is 7.11 Å². The quantitative estimate of drug-likeness (QED) is 0.656. The molecule has 0 atom stereocenters. The van der Waals surface area contributed by atoms with Crippen LogP contribution in [-0.4, -0.2) is 34.6 Å². The number of benzene rings is 1. The second-order valence-electron chi connectivity index (χ2n) is 3.45. The number of hydrogen-bond acceptors (Lipinski definition) is 4. The molecule has 0 aromatic heterocycles. The van der Waals surface area contributed by atoms with E-state index in [1.807, 2.05) is 0 Å². The van der Waals surface area contributed by atoms with Gasteiger partial charge < -0.3 is 10.1 Å². The van der Waals surface area contributed by atoms with Crippen LogP contribution in [0.2, 0.25) is 0 Å². The lowest BCUT2D eigenvalue weighted by Gasteiger charge is -2.08. The second kappa shape index (κ2) is 6.27. The topological polar surface area (TPSA) is 72.5 Å². The first-order chi connectivity index (χ1) is 8.77. The number of nitrogens with one attached hydrogen (secondary N) is 1. The van der Waals surface area contributed by atoms with Crippen LogP contribution in [0.4, 0.5) is 8.78 Å². The average molecular weight is 314 g/mol. The summed E-state index contributed by atoms with van der Waals surface area (Å²) in [6, 6.07) is 0.993. The molecular formula is C10H10ClF2NO4S. The molecule has 19 heavy (non-hydrogen) atoms. The number of halogens is 3. The van der Waals surface area contributed by atoms with Crippen molar-refractivity contribution in [1.82, 2.24) is 5.32 Å². The lowest BCUT2D eigenvalue weighted by Crippen LogP contribution is -2.28. The molecule has 1 aromatic rings. The summed E-state index contributed by atoms with van der Waals surface area (Å²) in [7, 11) is 1.86. The molecule has 0 fully saturated rings. The molecule has 1 rings (SSSR count). The van der Waals surface area contributed by atoms with E-state index in [9.17, 15) is 22.0 Å². The second-order valence-corrected chi connectivity index (χ2v) is 5.99. The summed E-state index contributed by atoms with van der Waals surface area (Å²) < 4.78 is 53.7. The van der Waals surface area contributed by atoms with Crippen LogP contribution >= 0.6 is 10.7 Å². The van der Waals surface area contributed by atoms with Gasteiger partial charge >= 0.3 is 0 Å². The molecule has 0 radical (unpaired) electrons. The standard InChI is InChI=1S/C10H10ClF2NO4S/c1-18-3-2-14-10(15)7-4-6(12)5-8(9(7)13)19(11,16)17/h4-5H,2-3H2,1H3,(H,14,15). The largest absolute Gasteiger partial charge is 0.383 e. The average Bonchev–Trinajstić information content (AvgIpc) is 2.30. The fourth-order valence-corrected chi connectivity index (χ4v) is 2.18. The van der Waals surface area contributed by atoms with Gasteiger partial charge in [0, 0.05) is 24.3 Å². The summed E-state index contributed by atoms with van der Waals surface area (Å²) >= 11 is 0. The summed E-state index contributed by atoms with van der Waals surface area (Å²) in [5, 5.41) is 2.24. The van der Waals surface area contributed by atoms with Gasteiger partial charge in [0.15, 0.2) is 5.82 Å². The van der Waals surface area contributed by atoms with Gasteiger partial charge in [-0.15, -0.1) is 0 Å². The van der Waals surface area contributed by atoms with Gasteiger partial charge in [-0.2, -0.15) is 0 Å². The van der Waals surface area contributed by atoms with Crippen LogP contribution in [-0.2, 0) is 13.8 Å². The van der Waals surface area contributed by atoms with Gasteiger partial charge in [-0.3, -0.25) is 4.79 Å². The molecule has 0 unspecified atom stereocenters. The van der Waals surface area contributed by atoms with E-state index in [-0.39, 0.29) is 13.2 Å². The number of hydrogen-bond donors (Lipinski definition) is 1. The van der Waals surface area contributed by atoms with Crippen LogP contribution in [0.25, 0.3) is 0 Å². The molecule has 0 aliphatic heterocycles. The smallest absolute Gasteiger partial charge is 0.264 e. The Hall–Kier alpha value is -1.25. The van der Waals surface area contributed by atoms with Crippen molar-refractivity contribution >= 4 is 25.6 Å². The molecule has 0 bridgehead atoms. The third kappa shape index (κ3) is 4.12. The van der Waals surface area contributed by atoms with Crippen molar-refractivity contribution in [2.75, 3.05) is 20.3 Å². The van der Waals surface area contributed by atoms with Crippen molar-refractivity contribution in [2.45, 2.75) is 4.90 Å². The van der Waals surface area contributed by atoms with Gasteiger partial charge in [0.1, 0.15) is 10.7 Å². The maximum absolute atomic E-state index is 13.8. The van der Waals surface area contributed by atoms with Gasteiger partial charge in [0.05, 0.1) is 12.2 Å². The molecular weight excluding hydrogens is 304 g/mol. The van der Waals surface area contributed by atoms with Gasteiger partial charge in [0.2, 0.25) is 0 Å². The maximum Gasteiger partial charge on any atom is 0.264 e. The van der Waals surface area contributed by atoms with Crippen LogP contribution in [0.1, 0.15) is 10.4 Å². The molecule has 5 nitrogen and oxygen atoms in total. The SMILES string of the molecule is COCCNC(=O)c1cc(F)cc(S(=O)(=O)Cl)c1F. The minimum atomic E-state index is -4.48. The molecule has 0 aliphatic rings. The molecule has 0 saturated carbocycles. The molecule has 0 aliphatic carbocycles. The van der Waals surface area contributed by atoms with E-state index in [1.54, 1.807) is 0 Å². The van der Waals surface area contributed by atoms with Gasteiger partial charge in [0.25, 0.3) is 15.0 Å². The van der Waals surface area contributed by atoms with Gasteiger partial charge in [-0.25, -0.2) is 17.2 Å². The van der Waals surface area contributed by atoms with E-state index >= 15 is 0 Å². The maximum atomic E-state index is 13.8. The van der Waals surface area contributed by atoms with Crippen molar-refractivity contribution in [1.29, 1.82) is 0 Å². The Bertz CT molecular complexity index is 591. The molecule has 106 valence electrons. The first-order valence-electron chi connectivity index (χ1n) is 4.98. The Morgan fingerprint density at radius 2 is 2.05 bits per heavy atom. The minimum absolute atomic E-state index is 0.0637. The normalized spacial score (nSPS) is 11.4. The molecule has 0 heterocycles. The first kappa shape index (κ1) is 15.8. The number of methoxy groups -OCH3 is 1. The Morgan fingerprint density at radius 3 is 2.58 bits per heavy atom. The van der Waals surface area contributed by atoms with Crippen LogP contribution in [0, 0.1) is 11.6 Å². The van der Waals surface area contributed by atoms with Crippen molar-refractivity contribution in [3.05, 3.63) is 29.3 Å². The van der Waals surface area contributed by atoms with E-state index in [0.29, 0.717) is 12.1 Å². The number of carbonyl (C=O) groups is 1. The Balaban J connectivity index is 3.15. The van der Waals surface area contributed by atoms with Crippen LogP contribution in [0.15, 0.2) is 17.0 Å². The van der Waals surface area contributed by atoms with Crippen LogP contribution < -0.4 is 5.32 Å². The molecule has 0 saturated heterocycles. The van der Waals surface area contributed by atoms with E-state index in [2.05, 4.69) is 10.1 Å². The number of ether oxygens (including phenoxy) is 1. The highest BCUT2D eigenvalue weighted by Gasteiger charge is 2.24. The highest BCUT2D eigenvalue weighted by molar-refractivity contribution is 8.13. The molecule has 1 aromatic carbocycles. The highest BCUT2D eigenvalue weighted by atomic mass is 35.7. The number of amides is 1. The predicted molar refractivity (Wildman–Crippen MR) is 63.6 cm³/mol. The van der Waals surface area contributed by atoms with Crippen molar-refractivity contribution in [2.24, 2.45) is 0 Å². The third-order valence-corrected chi connectivity index (χ3v) is 3.42. The van der Waals surface area contributed by atoms with E-state index in [4.69, 9.17) is 10.7 Å². The Kier molecular flexibility index (Phi) is 5.21. The molecule has 1 N–H and O–H groups in total. The zero-order valence-corrected chi connectivity index (χ0v) is 11.3. The fraction of sp³-hybridized carbons (Fsp3) is 0.300. The lowest BCUT2D eigenvalue weighted by atomic mass is 10.2. The molecule has 9 heteroatoms. The van der Waals surface area contributed by atoms with Crippen LogP contribution in [0.5, 0.6) is 0 Å². The zero-order chi connectivity index (χ0) is 14.6. The van der Waals surface area contributed by atoms with Crippen molar-refractivity contribution in [3.63, 3.8) is 0 Å². The Labute approximate surface area is 112 Å². The van der Waals surface area contributed by atoms with E-state index in [0.717, 1.165) is 0 Å². The predicted octanol–water partition coefficient (Wildman–Crippen LogP) is 1.27.